The van der Waals surface area contributed by atoms with E-state index in [4.69, 9.17) is 0 Å². The van der Waals surface area contributed by atoms with Crippen LogP contribution in [0, 0.1) is 52.0 Å². The third-order valence-electron chi connectivity index (χ3n) is 4.30. The molecule has 0 N–H and O–H groups in total. The van der Waals surface area contributed by atoms with E-state index < -0.39 is 11.8 Å². The van der Waals surface area contributed by atoms with Gasteiger partial charge in [-0.15, -0.1) is 0 Å². The summed E-state index contributed by atoms with van der Waals surface area (Å²) in [4.78, 5) is 27.7. The molecule has 1 heterocycles. The maximum Gasteiger partial charge on any atom is 0.256 e. The molecular weight excluding hydrogens is 634 g/mol. The van der Waals surface area contributed by atoms with Crippen LogP contribution in [0.4, 0.5) is 5.95 Å². The molecule has 7 nitrogen and oxygen atoms in total. The summed E-state index contributed by atoms with van der Waals surface area (Å²) in [6.45, 7) is 9.42. The second-order valence-electron chi connectivity index (χ2n) is 6.40. The average molecular weight is 653 g/mol. The zero-order chi connectivity index (χ0) is 20.4. The van der Waals surface area contributed by atoms with Crippen LogP contribution < -0.4 is 4.90 Å². The van der Waals surface area contributed by atoms with E-state index in [0.29, 0.717) is 28.8 Å². The summed E-state index contributed by atoms with van der Waals surface area (Å²) in [5, 5.41) is 11.4. The molecule has 3 aromatic rings. The molecule has 0 saturated heterocycles. The normalized spacial score (nSPS) is 9.41. The first-order valence-electron chi connectivity index (χ1n) is 8.80. The fourth-order valence-corrected chi connectivity index (χ4v) is 2.87. The molecule has 2 aromatic carbocycles. The number of rotatable bonds is 4. The predicted molar refractivity (Wildman–Crippen MR) is 102 cm³/mol. The van der Waals surface area contributed by atoms with Crippen molar-refractivity contribution < 1.29 is 112 Å². The third-order valence-corrected chi connectivity index (χ3v) is 4.30. The SMILES string of the molecule is CCn1nnnc1N(C(=O)c1c[c-]c(C)[c-]c1C)C(=O)c1c[c-]c(C)[c-]c1C.[V].[V].[Y].[Y]. The smallest absolute Gasteiger partial charge is 0.256 e. The van der Waals surface area contributed by atoms with Gasteiger partial charge in [-0.1, -0.05) is 32.8 Å². The molecule has 0 aliphatic heterocycles. The Hall–Kier alpha value is 0.0266. The first-order chi connectivity index (χ1) is 13.3. The molecule has 1 aromatic heterocycles. The van der Waals surface area contributed by atoms with Gasteiger partial charge in [-0.05, 0) is 17.4 Å². The predicted octanol–water partition coefficient (Wildman–Crippen LogP) is 2.60. The number of hydrogen-bond donors (Lipinski definition) is 0. The van der Waals surface area contributed by atoms with Gasteiger partial charge in [0.1, 0.15) is 0 Å². The second kappa shape index (κ2) is 15.1. The van der Waals surface area contributed by atoms with Crippen LogP contribution in [0.3, 0.4) is 0 Å². The van der Waals surface area contributed by atoms with E-state index in [2.05, 4.69) is 39.8 Å². The van der Waals surface area contributed by atoms with E-state index in [1.54, 1.807) is 26.0 Å². The van der Waals surface area contributed by atoms with Crippen molar-refractivity contribution in [2.75, 3.05) is 4.90 Å². The van der Waals surface area contributed by atoms with Gasteiger partial charge < -0.3 is 24.3 Å². The molecule has 160 valence electrons. The van der Waals surface area contributed by atoms with E-state index in [9.17, 15) is 9.59 Å². The van der Waals surface area contributed by atoms with Gasteiger partial charge in [0.2, 0.25) is 0 Å². The van der Waals surface area contributed by atoms with Gasteiger partial charge in [0.05, 0.1) is 0 Å². The third kappa shape index (κ3) is 7.51. The Balaban J connectivity index is 0. The Morgan fingerprint density at radius 1 is 0.906 bits per heavy atom. The van der Waals surface area contributed by atoms with E-state index >= 15 is 0 Å². The van der Waals surface area contributed by atoms with Crippen LogP contribution in [0.1, 0.15) is 49.9 Å². The molecule has 32 heavy (non-hydrogen) atoms. The van der Waals surface area contributed by atoms with Crippen LogP contribution in [0.2, 0.25) is 0 Å². The number of carbonyl (C=O) groups excluding carboxylic acids is 2. The number of anilines is 1. The van der Waals surface area contributed by atoms with E-state index in [-0.39, 0.29) is 108 Å². The summed E-state index contributed by atoms with van der Waals surface area (Å²) in [5.74, 6) is -1.03. The maximum atomic E-state index is 13.4. The number of benzene rings is 2. The van der Waals surface area contributed by atoms with Crippen molar-refractivity contribution in [3.63, 3.8) is 0 Å². The van der Waals surface area contributed by atoms with Gasteiger partial charge in [-0.2, -0.15) is 11.1 Å². The summed E-state index contributed by atoms with van der Waals surface area (Å²) in [7, 11) is 0. The zero-order valence-electron chi connectivity index (χ0n) is 18.5. The number of imide groups is 1. The van der Waals surface area contributed by atoms with Crippen LogP contribution in [-0.2, 0) is 109 Å². The Bertz CT molecular complexity index is 1010. The standard InChI is InChI=1S/C21H19N5O2.2V.2Y/c1-6-25-21(22-23-24-25)26(19(27)17-9-7-13(2)11-15(17)4)20(28)18-10-8-14(3)12-16(18)5;;;;/h9-10H,6H2,1-5H3;;;;/q-4;;;;. The Morgan fingerprint density at radius 2 is 1.34 bits per heavy atom. The molecule has 0 bridgehead atoms. The Morgan fingerprint density at radius 3 is 1.72 bits per heavy atom. The molecular formula is C21H19N5O2V2Y2-4. The number of aryl methyl sites for hydroxylation is 5. The zero-order valence-corrected chi connectivity index (χ0v) is 26.9. The van der Waals surface area contributed by atoms with Crippen molar-refractivity contribution in [2.24, 2.45) is 0 Å². The molecule has 0 aliphatic carbocycles. The van der Waals surface area contributed by atoms with Gasteiger partial charge in [-0.3, -0.25) is 44.0 Å². The Kier molecular flexibility index (Phi) is 16.1. The number of tetrazole rings is 1. The number of amides is 2. The molecule has 0 aliphatic rings. The van der Waals surface area contributed by atoms with Crippen molar-refractivity contribution in [3.8, 4) is 0 Å². The van der Waals surface area contributed by atoms with Crippen LogP contribution >= 0.6 is 0 Å². The minimum Gasteiger partial charge on any atom is -0.355 e. The van der Waals surface area contributed by atoms with Gasteiger partial charge >= 0.3 is 0 Å². The van der Waals surface area contributed by atoms with Gasteiger partial charge in [0.15, 0.2) is 11.8 Å². The molecule has 0 saturated carbocycles. The van der Waals surface area contributed by atoms with Gasteiger partial charge in [0, 0.05) is 109 Å². The van der Waals surface area contributed by atoms with Crippen molar-refractivity contribution in [2.45, 2.75) is 41.2 Å². The van der Waals surface area contributed by atoms with Crippen LogP contribution in [0.5, 0.6) is 0 Å². The molecule has 0 spiro atoms. The summed E-state index contributed by atoms with van der Waals surface area (Å²) in [6, 6.07) is 15.2. The van der Waals surface area contributed by atoms with Crippen molar-refractivity contribution >= 4 is 17.8 Å². The number of aromatic nitrogens is 4. The summed E-state index contributed by atoms with van der Waals surface area (Å²) >= 11 is 0. The second-order valence-corrected chi connectivity index (χ2v) is 6.40. The first-order valence-corrected chi connectivity index (χ1v) is 8.80. The quantitative estimate of drug-likeness (QED) is 0.320. The van der Waals surface area contributed by atoms with Gasteiger partial charge in [-0.25, -0.2) is 9.58 Å². The summed E-state index contributed by atoms with van der Waals surface area (Å²) in [5.41, 5.74) is 3.42. The number of nitrogens with zero attached hydrogens (tertiary/aromatic N) is 5. The molecule has 0 fully saturated rings. The fraction of sp³-hybridized carbons (Fsp3) is 0.286. The van der Waals surface area contributed by atoms with E-state index in [0.717, 1.165) is 16.0 Å². The number of hydrogen-bond acceptors (Lipinski definition) is 5. The molecule has 4 radical (unpaired) electrons. The topological polar surface area (TPSA) is 81.0 Å². The van der Waals surface area contributed by atoms with Crippen LogP contribution in [0.15, 0.2) is 12.1 Å². The Labute approximate surface area is 262 Å². The molecule has 3 rings (SSSR count). The van der Waals surface area contributed by atoms with Crippen molar-refractivity contribution in [1.29, 1.82) is 0 Å². The average Bonchev–Trinajstić information content (AvgIpc) is 3.09. The largest absolute Gasteiger partial charge is 0.355 e. The monoisotopic (exact) mass is 653 g/mol. The van der Waals surface area contributed by atoms with Crippen molar-refractivity contribution in [3.05, 3.63) is 69.8 Å². The maximum absolute atomic E-state index is 13.4. The summed E-state index contributed by atoms with van der Waals surface area (Å²) < 4.78 is 1.39. The minimum absolute atomic E-state index is 0. The van der Waals surface area contributed by atoms with Crippen LogP contribution in [-0.4, -0.2) is 32.0 Å². The van der Waals surface area contributed by atoms with Crippen LogP contribution in [0.25, 0.3) is 0 Å². The molecule has 0 unspecified atom stereocenters. The number of carbonyl (C=O) groups is 2. The first kappa shape index (κ1) is 34.2. The van der Waals surface area contributed by atoms with E-state index in [1.165, 1.54) is 4.68 Å². The minimum atomic E-state index is -0.542. The molecule has 2 amide bonds. The van der Waals surface area contributed by atoms with E-state index in [1.807, 2.05) is 20.8 Å². The van der Waals surface area contributed by atoms with Gasteiger partial charge in [0.25, 0.3) is 5.95 Å². The fourth-order valence-electron chi connectivity index (χ4n) is 2.87. The molecule has 11 heteroatoms. The summed E-state index contributed by atoms with van der Waals surface area (Å²) in [6.07, 6.45) is 0. The van der Waals surface area contributed by atoms with Crippen molar-refractivity contribution in [1.82, 2.24) is 20.2 Å². The molecule has 0 atom stereocenters.